The van der Waals surface area contributed by atoms with Crippen LogP contribution in [0.15, 0.2) is 29.3 Å². The number of benzene rings is 1. The molecular formula is C15H18N2O4S. The first-order valence-electron chi connectivity index (χ1n) is 7.24. The van der Waals surface area contributed by atoms with Gasteiger partial charge in [-0.15, -0.1) is 0 Å². The number of fused-ring (bicyclic) bond motifs is 1. The molecule has 1 fully saturated rings. The number of hydrogen-bond donors (Lipinski definition) is 2. The summed E-state index contributed by atoms with van der Waals surface area (Å²) >= 11 is 0. The zero-order valence-electron chi connectivity index (χ0n) is 12.2. The van der Waals surface area contributed by atoms with Crippen LogP contribution in [-0.4, -0.2) is 41.9 Å². The van der Waals surface area contributed by atoms with E-state index in [0.717, 1.165) is 12.8 Å². The minimum Gasteiger partial charge on any atom is -0.478 e. The van der Waals surface area contributed by atoms with E-state index in [-0.39, 0.29) is 10.5 Å². The van der Waals surface area contributed by atoms with Crippen molar-refractivity contribution in [3.63, 3.8) is 0 Å². The van der Waals surface area contributed by atoms with Crippen molar-refractivity contribution in [2.24, 2.45) is 5.92 Å². The number of aromatic nitrogens is 1. The molecule has 118 valence electrons. The Kier molecular flexibility index (Phi) is 3.70. The Labute approximate surface area is 128 Å². The summed E-state index contributed by atoms with van der Waals surface area (Å²) in [6, 6.07) is 4.38. The number of nitrogens with one attached hydrogen (secondary N) is 1. The van der Waals surface area contributed by atoms with Crippen molar-refractivity contribution < 1.29 is 18.3 Å². The Balaban J connectivity index is 2.15. The SMILES string of the molecule is CC1CCCN(S(=O)(=O)c2cc(C(=O)O)cc3[nH]ccc23)C1. The van der Waals surface area contributed by atoms with Gasteiger partial charge in [0.2, 0.25) is 10.0 Å². The second-order valence-corrected chi connectivity index (χ2v) is 7.74. The third-order valence-electron chi connectivity index (χ3n) is 4.12. The molecule has 1 aliphatic rings. The molecule has 0 amide bonds. The molecule has 0 saturated carbocycles. The number of sulfonamides is 1. The van der Waals surface area contributed by atoms with Crippen LogP contribution in [0.5, 0.6) is 0 Å². The lowest BCUT2D eigenvalue weighted by atomic mass is 10.0. The van der Waals surface area contributed by atoms with Crippen LogP contribution < -0.4 is 0 Å². The topological polar surface area (TPSA) is 90.5 Å². The largest absolute Gasteiger partial charge is 0.478 e. The van der Waals surface area contributed by atoms with Crippen LogP contribution in [0, 0.1) is 5.92 Å². The maximum atomic E-state index is 12.9. The molecule has 2 heterocycles. The number of nitrogens with zero attached hydrogens (tertiary/aromatic N) is 1. The van der Waals surface area contributed by atoms with E-state index in [1.54, 1.807) is 12.3 Å². The number of rotatable bonds is 3. The molecule has 1 unspecified atom stereocenters. The lowest BCUT2D eigenvalue weighted by Crippen LogP contribution is -2.39. The van der Waals surface area contributed by atoms with Gasteiger partial charge in [0, 0.05) is 30.2 Å². The van der Waals surface area contributed by atoms with E-state index < -0.39 is 16.0 Å². The zero-order chi connectivity index (χ0) is 15.9. The summed E-state index contributed by atoms with van der Waals surface area (Å²) in [7, 11) is -3.70. The number of aromatic amines is 1. The number of carboxylic acids is 1. The fraction of sp³-hybridized carbons (Fsp3) is 0.400. The number of hydrogen-bond acceptors (Lipinski definition) is 3. The molecule has 1 aromatic heterocycles. The molecule has 0 bridgehead atoms. The second-order valence-electron chi connectivity index (χ2n) is 5.83. The molecule has 2 aromatic rings. The average molecular weight is 322 g/mol. The van der Waals surface area contributed by atoms with Gasteiger partial charge in [-0.1, -0.05) is 6.92 Å². The molecular weight excluding hydrogens is 304 g/mol. The number of carbonyl (C=O) groups is 1. The van der Waals surface area contributed by atoms with Crippen LogP contribution in [0.25, 0.3) is 10.9 Å². The Morgan fingerprint density at radius 1 is 1.41 bits per heavy atom. The quantitative estimate of drug-likeness (QED) is 0.907. The van der Waals surface area contributed by atoms with Gasteiger partial charge in [0.25, 0.3) is 0 Å². The van der Waals surface area contributed by atoms with Gasteiger partial charge in [-0.2, -0.15) is 4.31 Å². The van der Waals surface area contributed by atoms with Crippen molar-refractivity contribution in [1.82, 2.24) is 9.29 Å². The lowest BCUT2D eigenvalue weighted by Gasteiger charge is -2.30. The Morgan fingerprint density at radius 3 is 2.86 bits per heavy atom. The van der Waals surface area contributed by atoms with Gasteiger partial charge in [0.05, 0.1) is 10.5 Å². The Morgan fingerprint density at radius 2 is 2.18 bits per heavy atom. The van der Waals surface area contributed by atoms with Crippen molar-refractivity contribution >= 4 is 26.9 Å². The van der Waals surface area contributed by atoms with Crippen molar-refractivity contribution in [2.45, 2.75) is 24.7 Å². The van der Waals surface area contributed by atoms with Gasteiger partial charge < -0.3 is 10.1 Å². The first kappa shape index (κ1) is 15.1. The highest BCUT2D eigenvalue weighted by Crippen LogP contribution is 2.29. The number of carboxylic acid groups (broad SMARTS) is 1. The highest BCUT2D eigenvalue weighted by molar-refractivity contribution is 7.89. The standard InChI is InChI=1S/C15H18N2O4S/c1-10-3-2-6-17(9-10)22(20,21)14-8-11(15(18)19)7-13-12(14)4-5-16-13/h4-5,7-8,10,16H,2-3,6,9H2,1H3,(H,18,19). The minimum absolute atomic E-state index is 0.0291. The second kappa shape index (κ2) is 5.40. The van der Waals surface area contributed by atoms with E-state index in [9.17, 15) is 18.3 Å². The van der Waals surface area contributed by atoms with E-state index in [0.29, 0.717) is 29.9 Å². The van der Waals surface area contributed by atoms with Gasteiger partial charge in [-0.25, -0.2) is 13.2 Å². The molecule has 1 saturated heterocycles. The first-order valence-corrected chi connectivity index (χ1v) is 8.68. The molecule has 7 heteroatoms. The normalized spacial score (nSPS) is 20.3. The van der Waals surface area contributed by atoms with Crippen LogP contribution in [0.1, 0.15) is 30.1 Å². The summed E-state index contributed by atoms with van der Waals surface area (Å²) in [4.78, 5) is 14.2. The molecule has 0 radical (unpaired) electrons. The third kappa shape index (κ3) is 2.50. The highest BCUT2D eigenvalue weighted by Gasteiger charge is 2.30. The zero-order valence-corrected chi connectivity index (χ0v) is 13.1. The molecule has 1 atom stereocenters. The average Bonchev–Trinajstić information content (AvgIpc) is 2.94. The van der Waals surface area contributed by atoms with E-state index in [1.165, 1.54) is 16.4 Å². The molecule has 0 spiro atoms. The maximum absolute atomic E-state index is 12.9. The molecule has 3 rings (SSSR count). The fourth-order valence-electron chi connectivity index (χ4n) is 2.97. The van der Waals surface area contributed by atoms with E-state index in [2.05, 4.69) is 4.98 Å². The molecule has 1 aromatic carbocycles. The summed E-state index contributed by atoms with van der Waals surface area (Å²) in [5.74, 6) is -0.826. The molecule has 1 aliphatic heterocycles. The lowest BCUT2D eigenvalue weighted by molar-refractivity contribution is 0.0697. The highest BCUT2D eigenvalue weighted by atomic mass is 32.2. The van der Waals surface area contributed by atoms with Gasteiger partial charge in [0.1, 0.15) is 0 Å². The number of aromatic carboxylic acids is 1. The predicted molar refractivity (Wildman–Crippen MR) is 82.4 cm³/mol. The summed E-state index contributed by atoms with van der Waals surface area (Å²) < 4.78 is 27.3. The van der Waals surface area contributed by atoms with Gasteiger partial charge in [-0.05, 0) is 37.0 Å². The Bertz CT molecular complexity index is 825. The van der Waals surface area contributed by atoms with Crippen molar-refractivity contribution in [1.29, 1.82) is 0 Å². The molecule has 2 N–H and O–H groups in total. The van der Waals surface area contributed by atoms with Crippen LogP contribution >= 0.6 is 0 Å². The van der Waals surface area contributed by atoms with Gasteiger partial charge in [-0.3, -0.25) is 0 Å². The number of piperidine rings is 1. The van der Waals surface area contributed by atoms with Crippen molar-refractivity contribution in [3.8, 4) is 0 Å². The monoisotopic (exact) mass is 322 g/mol. The van der Waals surface area contributed by atoms with Gasteiger partial charge >= 0.3 is 5.97 Å². The van der Waals surface area contributed by atoms with Gasteiger partial charge in [0.15, 0.2) is 0 Å². The molecule has 6 nitrogen and oxygen atoms in total. The van der Waals surface area contributed by atoms with Crippen molar-refractivity contribution in [3.05, 3.63) is 30.0 Å². The van der Waals surface area contributed by atoms with Crippen molar-refractivity contribution in [2.75, 3.05) is 13.1 Å². The van der Waals surface area contributed by atoms with Crippen LogP contribution in [0.4, 0.5) is 0 Å². The van der Waals surface area contributed by atoms with Crippen LogP contribution in [0.2, 0.25) is 0 Å². The van der Waals surface area contributed by atoms with E-state index >= 15 is 0 Å². The third-order valence-corrected chi connectivity index (χ3v) is 6.02. The summed E-state index contributed by atoms with van der Waals surface area (Å²) in [6.07, 6.45) is 3.46. The summed E-state index contributed by atoms with van der Waals surface area (Å²) in [5, 5.41) is 9.73. The van der Waals surface area contributed by atoms with Crippen LogP contribution in [0.3, 0.4) is 0 Å². The minimum atomic E-state index is -3.70. The smallest absolute Gasteiger partial charge is 0.335 e. The first-order chi connectivity index (χ1) is 10.4. The van der Waals surface area contributed by atoms with Crippen LogP contribution in [-0.2, 0) is 10.0 Å². The summed E-state index contributed by atoms with van der Waals surface area (Å²) in [5.41, 5.74) is 0.488. The molecule has 22 heavy (non-hydrogen) atoms. The number of H-pyrrole nitrogens is 1. The van der Waals surface area contributed by atoms with E-state index in [1.807, 2.05) is 6.92 Å². The maximum Gasteiger partial charge on any atom is 0.335 e. The van der Waals surface area contributed by atoms with E-state index in [4.69, 9.17) is 0 Å². The summed E-state index contributed by atoms with van der Waals surface area (Å²) in [6.45, 7) is 2.99. The Hall–Kier alpha value is -1.86. The molecule has 0 aliphatic carbocycles. The predicted octanol–water partition coefficient (Wildman–Crippen LogP) is 2.29. The fourth-order valence-corrected chi connectivity index (χ4v) is 4.80.